The van der Waals surface area contributed by atoms with E-state index in [4.69, 9.17) is 10.6 Å². The van der Waals surface area contributed by atoms with Crippen LogP contribution in [0.15, 0.2) is 65.2 Å². The van der Waals surface area contributed by atoms with Crippen LogP contribution in [0.5, 0.6) is 0 Å². The van der Waals surface area contributed by atoms with E-state index in [1.165, 1.54) is 5.06 Å². The first-order valence-electron chi connectivity index (χ1n) is 8.95. The van der Waals surface area contributed by atoms with Crippen LogP contribution in [0.4, 0.5) is 18.9 Å². The summed E-state index contributed by atoms with van der Waals surface area (Å²) in [4.78, 5) is 30.3. The number of halogens is 3. The maximum absolute atomic E-state index is 13.1. The van der Waals surface area contributed by atoms with Gasteiger partial charge in [0.2, 0.25) is 0 Å². The summed E-state index contributed by atoms with van der Waals surface area (Å²) < 4.78 is 41.2. The molecule has 0 unspecified atom stereocenters. The van der Waals surface area contributed by atoms with Gasteiger partial charge in [0.15, 0.2) is 5.82 Å². The number of rotatable bonds is 6. The summed E-state index contributed by atoms with van der Waals surface area (Å²) >= 11 is 1.14. The molecule has 1 aliphatic heterocycles. The van der Waals surface area contributed by atoms with Gasteiger partial charge in [-0.2, -0.15) is 13.2 Å². The molecule has 0 radical (unpaired) electrons. The number of amides is 1. The van der Waals surface area contributed by atoms with Gasteiger partial charge in [0.1, 0.15) is 16.3 Å². The average Bonchev–Trinajstić information content (AvgIpc) is 3.36. The number of anilines is 1. The van der Waals surface area contributed by atoms with E-state index in [0.717, 1.165) is 28.9 Å². The number of carbonyl (C=O) groups is 1. The topological polar surface area (TPSA) is 99.2 Å². The minimum Gasteiger partial charge on any atom is -0.365 e. The van der Waals surface area contributed by atoms with Gasteiger partial charge in [0.05, 0.1) is 18.6 Å². The fraction of sp³-hybridized carbons (Fsp3) is 0.158. The lowest BCUT2D eigenvalue weighted by Gasteiger charge is -2.21. The van der Waals surface area contributed by atoms with E-state index < -0.39 is 23.6 Å². The molecule has 1 aromatic carbocycles. The number of thioether (sulfide) groups is 1. The van der Waals surface area contributed by atoms with Gasteiger partial charge in [-0.25, -0.2) is 20.0 Å². The molecule has 31 heavy (non-hydrogen) atoms. The number of para-hydroxylation sites is 1. The van der Waals surface area contributed by atoms with Crippen molar-refractivity contribution in [3.05, 3.63) is 71.8 Å². The summed E-state index contributed by atoms with van der Waals surface area (Å²) in [5.74, 6) is -1.40. The first-order chi connectivity index (χ1) is 14.8. The SMILES string of the molecule is NC(=O)C(=C1Sc2ccccc2N1OCCn1ccnc1)c1nccc(C(F)(F)F)n1. The lowest BCUT2D eigenvalue weighted by molar-refractivity contribution is -0.141. The molecule has 160 valence electrons. The molecular weight excluding hydrogens is 433 g/mol. The molecule has 2 aromatic heterocycles. The van der Waals surface area contributed by atoms with Gasteiger partial charge in [-0.15, -0.1) is 0 Å². The maximum atomic E-state index is 13.1. The standard InChI is InChI=1S/C19H15F3N6O2S/c20-19(21,22)14-5-6-25-17(26-14)15(16(23)29)18-28(12-3-1-2-4-13(12)31-18)30-10-9-27-8-7-24-11-27/h1-8,11H,9-10H2,(H2,23,29). The van der Waals surface area contributed by atoms with Gasteiger partial charge >= 0.3 is 6.18 Å². The van der Waals surface area contributed by atoms with Gasteiger partial charge in [-0.1, -0.05) is 23.9 Å². The number of hydrogen-bond acceptors (Lipinski definition) is 7. The molecule has 1 amide bonds. The molecule has 3 heterocycles. The van der Waals surface area contributed by atoms with Gasteiger partial charge in [0, 0.05) is 30.0 Å². The number of nitrogens with two attached hydrogens (primary N) is 1. The lowest BCUT2D eigenvalue weighted by atomic mass is 10.2. The predicted molar refractivity (Wildman–Crippen MR) is 106 cm³/mol. The second-order valence-corrected chi connectivity index (χ2v) is 7.34. The number of primary amides is 1. The van der Waals surface area contributed by atoms with Crippen molar-refractivity contribution in [2.24, 2.45) is 5.73 Å². The third-order valence-electron chi connectivity index (χ3n) is 4.23. The lowest BCUT2D eigenvalue weighted by Crippen LogP contribution is -2.26. The Bertz CT molecular complexity index is 1130. The molecule has 8 nitrogen and oxygen atoms in total. The monoisotopic (exact) mass is 448 g/mol. The average molecular weight is 448 g/mol. The molecule has 2 N–H and O–H groups in total. The van der Waals surface area contributed by atoms with Gasteiger partial charge in [0.25, 0.3) is 5.91 Å². The normalized spacial score (nSPS) is 15.1. The molecule has 0 saturated carbocycles. The molecule has 0 saturated heterocycles. The Morgan fingerprint density at radius 3 is 2.71 bits per heavy atom. The third-order valence-corrected chi connectivity index (χ3v) is 5.36. The van der Waals surface area contributed by atoms with Crippen LogP contribution in [-0.2, 0) is 22.4 Å². The van der Waals surface area contributed by atoms with E-state index in [1.54, 1.807) is 47.6 Å². The first kappa shape index (κ1) is 20.9. The van der Waals surface area contributed by atoms with Crippen LogP contribution in [-0.4, -0.2) is 32.0 Å². The third kappa shape index (κ3) is 4.39. The number of fused-ring (bicyclic) bond motifs is 1. The second kappa shape index (κ2) is 8.40. The summed E-state index contributed by atoms with van der Waals surface area (Å²) in [6.07, 6.45) is 1.25. The van der Waals surface area contributed by atoms with Crippen molar-refractivity contribution in [3.8, 4) is 0 Å². The fourth-order valence-corrected chi connectivity index (χ4v) is 3.99. The van der Waals surface area contributed by atoms with E-state index >= 15 is 0 Å². The Morgan fingerprint density at radius 2 is 2.00 bits per heavy atom. The first-order valence-corrected chi connectivity index (χ1v) is 9.76. The maximum Gasteiger partial charge on any atom is 0.433 e. The fourth-order valence-electron chi connectivity index (χ4n) is 2.85. The van der Waals surface area contributed by atoms with Crippen LogP contribution < -0.4 is 10.8 Å². The highest BCUT2D eigenvalue weighted by atomic mass is 32.2. The Labute approximate surface area is 178 Å². The molecule has 12 heteroatoms. The zero-order valence-corrected chi connectivity index (χ0v) is 16.6. The quantitative estimate of drug-likeness (QED) is 0.579. The Morgan fingerprint density at radius 1 is 1.19 bits per heavy atom. The highest BCUT2D eigenvalue weighted by molar-refractivity contribution is 8.04. The van der Waals surface area contributed by atoms with Crippen LogP contribution in [0.1, 0.15) is 11.5 Å². The summed E-state index contributed by atoms with van der Waals surface area (Å²) in [5.41, 5.74) is 4.72. The number of hydroxylamine groups is 1. The number of imidazole rings is 1. The Hall–Kier alpha value is -3.38. The highest BCUT2D eigenvalue weighted by Gasteiger charge is 2.36. The van der Waals surface area contributed by atoms with E-state index in [1.807, 2.05) is 0 Å². The van der Waals surface area contributed by atoms with Crippen LogP contribution in [0.3, 0.4) is 0 Å². The number of alkyl halides is 3. The number of aromatic nitrogens is 4. The van der Waals surface area contributed by atoms with Crippen molar-refractivity contribution >= 4 is 28.9 Å². The molecule has 0 spiro atoms. The molecule has 4 rings (SSSR count). The van der Waals surface area contributed by atoms with Crippen molar-refractivity contribution in [1.82, 2.24) is 19.5 Å². The zero-order chi connectivity index (χ0) is 22.0. The Balaban J connectivity index is 1.74. The molecule has 0 bridgehead atoms. The van der Waals surface area contributed by atoms with E-state index in [0.29, 0.717) is 12.2 Å². The van der Waals surface area contributed by atoms with Crippen LogP contribution in [0, 0.1) is 0 Å². The molecule has 0 atom stereocenters. The van der Waals surface area contributed by atoms with Crippen LogP contribution >= 0.6 is 11.8 Å². The van der Waals surface area contributed by atoms with Crippen molar-refractivity contribution < 1.29 is 22.8 Å². The number of benzene rings is 1. The van der Waals surface area contributed by atoms with Crippen molar-refractivity contribution in [2.75, 3.05) is 11.7 Å². The molecule has 0 fully saturated rings. The molecule has 1 aliphatic rings. The van der Waals surface area contributed by atoms with Gasteiger partial charge in [-0.05, 0) is 18.2 Å². The minimum atomic E-state index is -4.70. The van der Waals surface area contributed by atoms with Crippen LogP contribution in [0.2, 0.25) is 0 Å². The summed E-state index contributed by atoms with van der Waals surface area (Å²) in [5, 5.41) is 1.57. The van der Waals surface area contributed by atoms with Crippen molar-refractivity contribution in [3.63, 3.8) is 0 Å². The van der Waals surface area contributed by atoms with Crippen molar-refractivity contribution in [2.45, 2.75) is 17.6 Å². The molecular formula is C19H15F3N6O2S. The second-order valence-electron chi connectivity index (χ2n) is 6.31. The highest BCUT2D eigenvalue weighted by Crippen LogP contribution is 2.48. The summed E-state index contributed by atoms with van der Waals surface area (Å²) in [7, 11) is 0. The van der Waals surface area contributed by atoms with Crippen molar-refractivity contribution in [1.29, 1.82) is 0 Å². The largest absolute Gasteiger partial charge is 0.433 e. The smallest absolute Gasteiger partial charge is 0.365 e. The number of carbonyl (C=O) groups excluding carboxylic acids is 1. The van der Waals surface area contributed by atoms with E-state index in [-0.39, 0.29) is 17.2 Å². The minimum absolute atomic E-state index is 0.193. The molecule has 3 aromatic rings. The van der Waals surface area contributed by atoms with Gasteiger partial charge < -0.3 is 10.3 Å². The predicted octanol–water partition coefficient (Wildman–Crippen LogP) is 3.09. The zero-order valence-electron chi connectivity index (χ0n) is 15.8. The summed E-state index contributed by atoms with van der Waals surface area (Å²) in [6, 6.07) is 7.86. The van der Waals surface area contributed by atoms with Crippen LogP contribution in [0.25, 0.3) is 5.57 Å². The van der Waals surface area contributed by atoms with E-state index in [2.05, 4.69) is 15.0 Å². The number of nitrogens with zero attached hydrogens (tertiary/aromatic N) is 5. The Kier molecular flexibility index (Phi) is 5.65. The van der Waals surface area contributed by atoms with Gasteiger partial charge in [-0.3, -0.25) is 9.63 Å². The number of hydrogen-bond donors (Lipinski definition) is 1. The molecule has 0 aliphatic carbocycles. The van der Waals surface area contributed by atoms with E-state index in [9.17, 15) is 18.0 Å². The summed E-state index contributed by atoms with van der Waals surface area (Å²) in [6.45, 7) is 0.660.